The molecule has 2 aromatic rings. The molecule has 1 aromatic heterocycles. The van der Waals surface area contributed by atoms with E-state index in [-0.39, 0.29) is 28.5 Å². The van der Waals surface area contributed by atoms with Crippen molar-refractivity contribution >= 4 is 5.97 Å². The largest absolute Gasteiger partial charge is 0.493 e. The first-order chi connectivity index (χ1) is 9.08. The maximum absolute atomic E-state index is 14.2. The quantitative estimate of drug-likeness (QED) is 0.914. The van der Waals surface area contributed by atoms with Gasteiger partial charge in [0.2, 0.25) is 0 Å². The fraction of sp³-hybridized carbons (Fsp3) is 0.167. The van der Waals surface area contributed by atoms with Gasteiger partial charge in [-0.1, -0.05) is 5.16 Å². The molecule has 0 spiro atoms. The minimum Gasteiger partial charge on any atom is -0.493 e. The Balaban J connectivity index is 2.53. The second-order valence-electron chi connectivity index (χ2n) is 3.54. The number of carbonyl (C=O) groups is 1. The Morgan fingerprint density at radius 3 is 2.63 bits per heavy atom. The molecule has 2 rings (SSSR count). The monoisotopic (exact) mass is 267 g/mol. The molecule has 0 bridgehead atoms. The summed E-state index contributed by atoms with van der Waals surface area (Å²) in [7, 11) is 2.68. The van der Waals surface area contributed by atoms with Crippen molar-refractivity contribution in [2.45, 2.75) is 0 Å². The van der Waals surface area contributed by atoms with Gasteiger partial charge in [-0.05, 0) is 12.1 Å². The first-order valence-corrected chi connectivity index (χ1v) is 5.19. The lowest BCUT2D eigenvalue weighted by Crippen LogP contribution is -1.96. The van der Waals surface area contributed by atoms with Gasteiger partial charge in [0.1, 0.15) is 0 Å². The van der Waals surface area contributed by atoms with Crippen molar-refractivity contribution < 1.29 is 28.3 Å². The lowest BCUT2D eigenvalue weighted by Gasteiger charge is -2.09. The predicted molar refractivity (Wildman–Crippen MR) is 62.0 cm³/mol. The smallest absolute Gasteiger partial charge is 0.358 e. The van der Waals surface area contributed by atoms with Crippen LogP contribution >= 0.6 is 0 Å². The van der Waals surface area contributed by atoms with Gasteiger partial charge in [0, 0.05) is 6.07 Å². The van der Waals surface area contributed by atoms with Crippen molar-refractivity contribution in [3.63, 3.8) is 0 Å². The van der Waals surface area contributed by atoms with Crippen molar-refractivity contribution in [2.24, 2.45) is 0 Å². The number of hydrogen-bond acceptors (Lipinski definition) is 5. The van der Waals surface area contributed by atoms with Crippen LogP contribution in [0.3, 0.4) is 0 Å². The number of halogens is 1. The zero-order chi connectivity index (χ0) is 14.0. The first kappa shape index (κ1) is 12.9. The van der Waals surface area contributed by atoms with Crippen LogP contribution in [0.1, 0.15) is 10.5 Å². The third-order valence-electron chi connectivity index (χ3n) is 2.48. The summed E-state index contributed by atoms with van der Waals surface area (Å²) in [5, 5.41) is 12.1. The fourth-order valence-corrected chi connectivity index (χ4v) is 1.58. The number of methoxy groups -OCH3 is 2. The van der Waals surface area contributed by atoms with Crippen molar-refractivity contribution in [3.05, 3.63) is 29.7 Å². The number of nitrogens with zero attached hydrogens (tertiary/aromatic N) is 1. The highest BCUT2D eigenvalue weighted by molar-refractivity contribution is 5.86. The van der Waals surface area contributed by atoms with E-state index in [2.05, 4.69) is 5.16 Å². The molecular formula is C12H10FNO5. The van der Waals surface area contributed by atoms with Crippen LogP contribution in [0.4, 0.5) is 4.39 Å². The molecule has 0 aliphatic carbocycles. The Morgan fingerprint density at radius 1 is 1.37 bits per heavy atom. The van der Waals surface area contributed by atoms with Gasteiger partial charge in [-0.15, -0.1) is 0 Å². The molecule has 1 aromatic carbocycles. The second-order valence-corrected chi connectivity index (χ2v) is 3.54. The van der Waals surface area contributed by atoms with Crippen LogP contribution < -0.4 is 9.47 Å². The number of aromatic carboxylic acids is 1. The highest BCUT2D eigenvalue weighted by atomic mass is 19.1. The van der Waals surface area contributed by atoms with E-state index in [1.807, 2.05) is 0 Å². The van der Waals surface area contributed by atoms with Crippen LogP contribution in [0.15, 0.2) is 22.7 Å². The van der Waals surface area contributed by atoms with E-state index in [0.717, 1.165) is 6.07 Å². The maximum Gasteiger partial charge on any atom is 0.358 e. The lowest BCUT2D eigenvalue weighted by molar-refractivity contribution is 0.0686. The van der Waals surface area contributed by atoms with Crippen molar-refractivity contribution in [2.75, 3.05) is 14.2 Å². The van der Waals surface area contributed by atoms with Crippen molar-refractivity contribution in [1.82, 2.24) is 5.16 Å². The average molecular weight is 267 g/mol. The molecule has 0 fully saturated rings. The van der Waals surface area contributed by atoms with E-state index in [4.69, 9.17) is 19.1 Å². The summed E-state index contributed by atoms with van der Waals surface area (Å²) >= 11 is 0. The average Bonchev–Trinajstić information content (AvgIpc) is 2.87. The summed E-state index contributed by atoms with van der Waals surface area (Å²) < 4.78 is 28.8. The van der Waals surface area contributed by atoms with Gasteiger partial charge in [0.15, 0.2) is 28.8 Å². The Kier molecular flexibility index (Phi) is 3.37. The summed E-state index contributed by atoms with van der Waals surface area (Å²) in [6.07, 6.45) is 0. The summed E-state index contributed by atoms with van der Waals surface area (Å²) in [6.45, 7) is 0. The Morgan fingerprint density at radius 2 is 2.11 bits per heavy atom. The number of ether oxygens (including phenoxy) is 2. The molecule has 0 amide bonds. The number of aromatic nitrogens is 1. The molecule has 0 saturated carbocycles. The van der Waals surface area contributed by atoms with Gasteiger partial charge in [-0.2, -0.15) is 0 Å². The second kappa shape index (κ2) is 4.97. The van der Waals surface area contributed by atoms with Crippen LogP contribution in [-0.2, 0) is 0 Å². The zero-order valence-electron chi connectivity index (χ0n) is 10.1. The zero-order valence-corrected chi connectivity index (χ0v) is 10.1. The molecule has 1 heterocycles. The molecule has 0 unspecified atom stereocenters. The van der Waals surface area contributed by atoms with E-state index >= 15 is 0 Å². The summed E-state index contributed by atoms with van der Waals surface area (Å²) in [4.78, 5) is 10.7. The fourth-order valence-electron chi connectivity index (χ4n) is 1.58. The van der Waals surface area contributed by atoms with Crippen molar-refractivity contribution in [1.29, 1.82) is 0 Å². The molecule has 0 saturated heterocycles. The molecule has 7 heteroatoms. The highest BCUT2D eigenvalue weighted by Gasteiger charge is 2.20. The van der Waals surface area contributed by atoms with Gasteiger partial charge < -0.3 is 19.1 Å². The summed E-state index contributed by atoms with van der Waals surface area (Å²) in [5.74, 6) is -1.84. The predicted octanol–water partition coefficient (Wildman–Crippen LogP) is 2.20. The third kappa shape index (κ3) is 2.22. The van der Waals surface area contributed by atoms with E-state index in [9.17, 15) is 9.18 Å². The molecule has 100 valence electrons. The molecule has 6 nitrogen and oxygen atoms in total. The first-order valence-electron chi connectivity index (χ1n) is 5.19. The molecule has 1 N–H and O–H groups in total. The molecule has 0 aliphatic rings. The minimum atomic E-state index is -1.25. The number of benzene rings is 1. The summed E-state index contributed by atoms with van der Waals surface area (Å²) in [5.41, 5.74) is -0.262. The van der Waals surface area contributed by atoms with Gasteiger partial charge in [-0.25, -0.2) is 9.18 Å². The topological polar surface area (TPSA) is 81.8 Å². The van der Waals surface area contributed by atoms with E-state index < -0.39 is 11.8 Å². The molecular weight excluding hydrogens is 257 g/mol. The summed E-state index contributed by atoms with van der Waals surface area (Å²) in [6, 6.07) is 4.01. The number of rotatable bonds is 4. The van der Waals surface area contributed by atoms with E-state index in [1.54, 1.807) is 0 Å². The standard InChI is InChI=1S/C12H10FNO5/c1-17-8-4-3-6(10(13)11(8)18-2)9-5-7(12(15)16)14-19-9/h3-5H,1-2H3,(H,15,16). The number of carboxylic acids is 1. The van der Waals surface area contributed by atoms with Crippen molar-refractivity contribution in [3.8, 4) is 22.8 Å². The minimum absolute atomic E-state index is 0.00384. The maximum atomic E-state index is 14.2. The van der Waals surface area contributed by atoms with Gasteiger partial charge >= 0.3 is 5.97 Å². The number of carboxylic acid groups (broad SMARTS) is 1. The molecule has 0 aliphatic heterocycles. The van der Waals surface area contributed by atoms with Crippen LogP contribution in [0, 0.1) is 5.82 Å². The van der Waals surface area contributed by atoms with Gasteiger partial charge in [0.25, 0.3) is 0 Å². The van der Waals surface area contributed by atoms with E-state index in [1.165, 1.54) is 26.4 Å². The Labute approximate surface area is 107 Å². The molecule has 19 heavy (non-hydrogen) atoms. The van der Waals surface area contributed by atoms with E-state index in [0.29, 0.717) is 0 Å². The van der Waals surface area contributed by atoms with Gasteiger partial charge in [-0.3, -0.25) is 0 Å². The highest BCUT2D eigenvalue weighted by Crippen LogP contribution is 2.36. The lowest BCUT2D eigenvalue weighted by atomic mass is 10.1. The Bertz CT molecular complexity index is 623. The van der Waals surface area contributed by atoms with Crippen LogP contribution in [0.5, 0.6) is 11.5 Å². The SMILES string of the molecule is COc1ccc(-c2cc(C(=O)O)no2)c(F)c1OC. The van der Waals surface area contributed by atoms with Crippen LogP contribution in [0.25, 0.3) is 11.3 Å². The Hall–Kier alpha value is -2.57. The normalized spacial score (nSPS) is 10.3. The molecule has 0 atom stereocenters. The third-order valence-corrected chi connectivity index (χ3v) is 2.48. The van der Waals surface area contributed by atoms with Gasteiger partial charge in [0.05, 0.1) is 19.8 Å². The number of hydrogen-bond donors (Lipinski definition) is 1. The van der Waals surface area contributed by atoms with Crippen LogP contribution in [0.2, 0.25) is 0 Å². The van der Waals surface area contributed by atoms with Crippen LogP contribution in [-0.4, -0.2) is 30.5 Å². The molecule has 0 radical (unpaired) electrons.